The fraction of sp³-hybridized carbons (Fsp3) is 0.800. The van der Waals surface area contributed by atoms with Crippen molar-refractivity contribution < 1.29 is 48.6 Å². The molecular weight excluding hydrogens is 326 g/mol. The Morgan fingerprint density at radius 1 is 1.00 bits per heavy atom. The summed E-state index contributed by atoms with van der Waals surface area (Å²) in [5.74, 6) is -18.2. The van der Waals surface area contributed by atoms with Crippen LogP contribution < -0.4 is 0 Å². The van der Waals surface area contributed by atoms with E-state index in [1.165, 1.54) is 6.92 Å². The van der Waals surface area contributed by atoms with Crippen molar-refractivity contribution in [3.63, 3.8) is 0 Å². The summed E-state index contributed by atoms with van der Waals surface area (Å²) in [7, 11) is 0. The van der Waals surface area contributed by atoms with E-state index in [0.29, 0.717) is 6.08 Å². The number of hydrogen-bond donors (Lipinski definition) is 0. The van der Waals surface area contributed by atoms with Gasteiger partial charge in [0.15, 0.2) is 0 Å². The van der Waals surface area contributed by atoms with Gasteiger partial charge in [-0.2, -0.15) is 30.7 Å². The topological polar surface area (TPSA) is 9.23 Å². The maximum Gasteiger partial charge on any atom is 0.462 e. The molecule has 2 atom stereocenters. The highest BCUT2D eigenvalue weighted by Crippen LogP contribution is 2.59. The molecule has 0 amide bonds. The number of hydrogen-bond acceptors (Lipinski definition) is 1. The van der Waals surface area contributed by atoms with Gasteiger partial charge in [0.1, 0.15) is 0 Å². The summed E-state index contributed by atoms with van der Waals surface area (Å²) in [6, 6.07) is 0. The molecule has 0 heterocycles. The quantitative estimate of drug-likeness (QED) is 0.535. The zero-order valence-electron chi connectivity index (χ0n) is 10.1. The molecule has 0 aromatic heterocycles. The molecular formula is C10H8F10O. The van der Waals surface area contributed by atoms with Gasteiger partial charge in [-0.05, 0) is 6.92 Å². The Labute approximate surface area is 111 Å². The van der Waals surface area contributed by atoms with E-state index < -0.39 is 42.3 Å². The third-order valence-corrected chi connectivity index (χ3v) is 2.87. The molecule has 0 spiro atoms. The predicted octanol–water partition coefficient (Wildman–Crippen LogP) is 4.69. The van der Waals surface area contributed by atoms with Crippen molar-refractivity contribution in [2.24, 2.45) is 5.92 Å². The Morgan fingerprint density at radius 2 is 1.48 bits per heavy atom. The van der Waals surface area contributed by atoms with Gasteiger partial charge in [0, 0.05) is 12.3 Å². The third kappa shape index (κ3) is 2.59. The summed E-state index contributed by atoms with van der Waals surface area (Å²) < 4.78 is 129. The van der Waals surface area contributed by atoms with Crippen LogP contribution in [-0.4, -0.2) is 30.0 Å². The lowest BCUT2D eigenvalue weighted by Gasteiger charge is -2.49. The molecule has 21 heavy (non-hydrogen) atoms. The van der Waals surface area contributed by atoms with Crippen molar-refractivity contribution in [3.05, 3.63) is 12.2 Å². The van der Waals surface area contributed by atoms with E-state index in [1.807, 2.05) is 0 Å². The third-order valence-electron chi connectivity index (χ3n) is 2.87. The Kier molecular flexibility index (Phi) is 4.08. The Morgan fingerprint density at radius 3 is 1.81 bits per heavy atom. The van der Waals surface area contributed by atoms with Crippen LogP contribution in [0, 0.1) is 5.92 Å². The minimum atomic E-state index is -6.83. The molecule has 11 heteroatoms. The monoisotopic (exact) mass is 334 g/mol. The minimum absolute atomic E-state index is 0.610. The molecule has 0 aromatic carbocycles. The van der Waals surface area contributed by atoms with E-state index >= 15 is 0 Å². The van der Waals surface area contributed by atoms with E-state index in [4.69, 9.17) is 0 Å². The van der Waals surface area contributed by atoms with E-state index in [1.54, 1.807) is 0 Å². The van der Waals surface area contributed by atoms with Crippen molar-refractivity contribution in [2.75, 3.05) is 0 Å². The number of ether oxygens (including phenoxy) is 1. The molecule has 1 saturated carbocycles. The first kappa shape index (κ1) is 18.1. The Bertz CT molecular complexity index is 426. The van der Waals surface area contributed by atoms with E-state index in [0.717, 1.165) is 6.08 Å². The molecule has 1 fully saturated rings. The second-order valence-electron chi connectivity index (χ2n) is 4.38. The molecule has 0 aromatic rings. The molecule has 1 nitrogen and oxygen atoms in total. The predicted molar refractivity (Wildman–Crippen MR) is 48.7 cm³/mol. The van der Waals surface area contributed by atoms with Crippen LogP contribution in [0.1, 0.15) is 13.3 Å². The average molecular weight is 334 g/mol. The molecule has 0 bridgehead atoms. The minimum Gasteiger partial charge on any atom is -0.271 e. The lowest BCUT2D eigenvalue weighted by Crippen LogP contribution is -2.67. The van der Waals surface area contributed by atoms with Crippen molar-refractivity contribution in [1.29, 1.82) is 0 Å². The standard InChI is InChI=1S/C10H8F10O/c1-2-3-5-4-6(11,12)7(5,13)21-10(19,20)8(14,15)9(16,17)18/h2-3,5H,4H2,1H3/b3-2+. The highest BCUT2D eigenvalue weighted by atomic mass is 19.4. The smallest absolute Gasteiger partial charge is 0.271 e. The fourth-order valence-electron chi connectivity index (χ4n) is 1.68. The second kappa shape index (κ2) is 4.75. The van der Waals surface area contributed by atoms with Gasteiger partial charge in [-0.15, -0.1) is 0 Å². The zero-order chi connectivity index (χ0) is 16.9. The highest BCUT2D eigenvalue weighted by Gasteiger charge is 2.81. The molecule has 0 N–H and O–H groups in total. The first-order valence-electron chi connectivity index (χ1n) is 5.34. The van der Waals surface area contributed by atoms with Crippen molar-refractivity contribution in [3.8, 4) is 0 Å². The molecule has 0 aliphatic heterocycles. The normalized spacial score (nSPS) is 30.5. The van der Waals surface area contributed by atoms with Crippen LogP contribution in [0.25, 0.3) is 0 Å². The van der Waals surface area contributed by atoms with Crippen molar-refractivity contribution >= 4 is 0 Å². The van der Waals surface area contributed by atoms with Gasteiger partial charge >= 0.3 is 24.1 Å². The van der Waals surface area contributed by atoms with Gasteiger partial charge in [0.25, 0.3) is 5.85 Å². The van der Waals surface area contributed by atoms with Crippen LogP contribution in [0.2, 0.25) is 0 Å². The molecule has 0 saturated heterocycles. The molecule has 1 rings (SSSR count). The van der Waals surface area contributed by atoms with Crippen LogP contribution in [0.3, 0.4) is 0 Å². The maximum absolute atomic E-state index is 13.7. The van der Waals surface area contributed by atoms with Crippen LogP contribution in [0.5, 0.6) is 0 Å². The summed E-state index contributed by atoms with van der Waals surface area (Å²) >= 11 is 0. The van der Waals surface area contributed by atoms with Crippen LogP contribution >= 0.6 is 0 Å². The van der Waals surface area contributed by atoms with Gasteiger partial charge in [0.05, 0.1) is 0 Å². The first-order chi connectivity index (χ1) is 9.12. The largest absolute Gasteiger partial charge is 0.462 e. The van der Waals surface area contributed by atoms with Gasteiger partial charge in [-0.25, -0.2) is 13.2 Å². The summed E-state index contributed by atoms with van der Waals surface area (Å²) in [4.78, 5) is 0. The average Bonchev–Trinajstić information content (AvgIpc) is 2.26. The van der Waals surface area contributed by atoms with Crippen LogP contribution in [0.4, 0.5) is 43.9 Å². The SMILES string of the molecule is C/C=C/C1CC(F)(F)C1(F)OC(F)(F)C(F)(F)C(F)(F)F. The second-order valence-corrected chi connectivity index (χ2v) is 4.38. The number of allylic oxidation sites excluding steroid dienone is 1. The summed E-state index contributed by atoms with van der Waals surface area (Å²) in [6.45, 7) is 1.18. The molecule has 0 radical (unpaired) electrons. The first-order valence-corrected chi connectivity index (χ1v) is 5.34. The van der Waals surface area contributed by atoms with Gasteiger partial charge in [-0.3, -0.25) is 4.74 Å². The van der Waals surface area contributed by atoms with Crippen molar-refractivity contribution in [2.45, 2.75) is 43.3 Å². The van der Waals surface area contributed by atoms with Gasteiger partial charge in [0.2, 0.25) is 0 Å². The lowest BCUT2D eigenvalue weighted by molar-refractivity contribution is -0.495. The van der Waals surface area contributed by atoms with E-state index in [2.05, 4.69) is 4.74 Å². The van der Waals surface area contributed by atoms with Crippen molar-refractivity contribution in [1.82, 2.24) is 0 Å². The summed E-state index contributed by atoms with van der Waals surface area (Å²) in [6.07, 6.45) is -13.1. The van der Waals surface area contributed by atoms with Gasteiger partial charge < -0.3 is 0 Å². The van der Waals surface area contributed by atoms with Crippen LogP contribution in [0.15, 0.2) is 12.2 Å². The lowest BCUT2D eigenvalue weighted by atomic mass is 9.75. The summed E-state index contributed by atoms with van der Waals surface area (Å²) in [5.41, 5.74) is 0. The number of alkyl halides is 10. The zero-order valence-corrected chi connectivity index (χ0v) is 10.1. The van der Waals surface area contributed by atoms with Crippen LogP contribution in [-0.2, 0) is 4.74 Å². The fourth-order valence-corrected chi connectivity index (χ4v) is 1.68. The number of halogens is 10. The highest BCUT2D eigenvalue weighted by molar-refractivity contribution is 5.12. The Hall–Kier alpha value is -1.00. The molecule has 2 unspecified atom stereocenters. The van der Waals surface area contributed by atoms with E-state index in [9.17, 15) is 43.9 Å². The molecule has 1 aliphatic rings. The van der Waals surface area contributed by atoms with E-state index in [-0.39, 0.29) is 0 Å². The maximum atomic E-state index is 13.7. The summed E-state index contributed by atoms with van der Waals surface area (Å²) in [5, 5.41) is 0. The molecule has 124 valence electrons. The Balaban J connectivity index is 3.12. The molecule has 1 aliphatic carbocycles. The number of rotatable bonds is 4. The van der Waals surface area contributed by atoms with Gasteiger partial charge in [-0.1, -0.05) is 12.2 Å².